The lowest BCUT2D eigenvalue weighted by atomic mass is 9.86. The minimum atomic E-state index is -2.81. The summed E-state index contributed by atoms with van der Waals surface area (Å²) in [7, 11) is -2.81. The summed E-state index contributed by atoms with van der Waals surface area (Å²) in [6.07, 6.45) is 2.46. The average Bonchev–Trinajstić information content (AvgIpc) is 2.78. The van der Waals surface area contributed by atoms with Gasteiger partial charge in [-0.25, -0.2) is 0 Å². The van der Waals surface area contributed by atoms with Crippen molar-refractivity contribution in [3.8, 4) is 11.5 Å². The summed E-state index contributed by atoms with van der Waals surface area (Å²) < 4.78 is 5.39. The molecule has 3 aromatic carbocycles. The topological polar surface area (TPSA) is 52.8 Å². The molecule has 0 aliphatic heterocycles. The maximum atomic E-state index is 11.8. The van der Waals surface area contributed by atoms with Crippen LogP contribution in [0.15, 0.2) is 59.3 Å². The first-order valence-corrected chi connectivity index (χ1v) is 15.1. The maximum Gasteiger partial charge on any atom is 0.128 e. The molecule has 0 saturated heterocycles. The van der Waals surface area contributed by atoms with Crippen LogP contribution in [0.25, 0.3) is 0 Å². The molecule has 6 heteroatoms. The van der Waals surface area contributed by atoms with E-state index in [1.807, 2.05) is 54.6 Å². The Labute approximate surface area is 226 Å². The first-order chi connectivity index (χ1) is 16.7. The molecule has 36 heavy (non-hydrogen) atoms. The molecule has 194 valence electrons. The number of unbranched alkanes of at least 4 members (excludes halogenated alkanes) is 1. The van der Waals surface area contributed by atoms with Crippen molar-refractivity contribution in [1.29, 1.82) is 0 Å². The van der Waals surface area contributed by atoms with E-state index in [4.69, 9.17) is 27.9 Å². The van der Waals surface area contributed by atoms with Gasteiger partial charge >= 0.3 is 0 Å². The summed E-state index contributed by atoms with van der Waals surface area (Å²) in [6.45, 7) is 14.4. The number of aromatic hydroxyl groups is 2. The maximum absolute atomic E-state index is 11.8. The first kappa shape index (κ1) is 28.6. The van der Waals surface area contributed by atoms with Crippen LogP contribution < -0.4 is 10.6 Å². The Kier molecular flexibility index (Phi) is 8.61. The fourth-order valence-electron chi connectivity index (χ4n) is 4.48. The normalized spacial score (nSPS) is 12.6. The third kappa shape index (κ3) is 5.96. The van der Waals surface area contributed by atoms with Crippen LogP contribution >= 0.6 is 30.3 Å². The van der Waals surface area contributed by atoms with Crippen molar-refractivity contribution >= 4 is 46.6 Å². The predicted octanol–water partition coefficient (Wildman–Crippen LogP) is 9.28. The smallest absolute Gasteiger partial charge is 0.128 e. The standard InChI is InChI=1S/C30H38Cl2NO2P/c1-8-9-15-36(33-22-13-11-10-12-14-22,25-18-20(31)16-23(27(25)34)29(2,3)4)26-19-21(32)17-24(28(26)35)30(5,6)7/h10-14,16-19,34-35H,8-9,15H2,1-7H3. The molecule has 0 spiro atoms. The number of hydrogen-bond acceptors (Lipinski definition) is 3. The van der Waals surface area contributed by atoms with Gasteiger partial charge in [0.15, 0.2) is 0 Å². The van der Waals surface area contributed by atoms with Gasteiger partial charge in [-0.3, -0.25) is 4.74 Å². The third-order valence-corrected chi connectivity index (χ3v) is 10.6. The van der Waals surface area contributed by atoms with Gasteiger partial charge in [0, 0.05) is 38.8 Å². The SMILES string of the molecule is CCCCP(=Nc1ccccc1)(c1cc(Cl)cc(C(C)(C)C)c1O)c1cc(Cl)cc(C(C)(C)C)c1O. The van der Waals surface area contributed by atoms with Crippen molar-refractivity contribution in [2.45, 2.75) is 72.1 Å². The van der Waals surface area contributed by atoms with Crippen LogP contribution in [0.5, 0.6) is 11.5 Å². The Morgan fingerprint density at radius 1 is 0.750 bits per heavy atom. The highest BCUT2D eigenvalue weighted by Crippen LogP contribution is 2.57. The van der Waals surface area contributed by atoms with E-state index in [1.54, 1.807) is 0 Å². The lowest BCUT2D eigenvalue weighted by molar-refractivity contribution is 0.450. The molecule has 0 saturated carbocycles. The van der Waals surface area contributed by atoms with Gasteiger partial charge in [0.25, 0.3) is 0 Å². The van der Waals surface area contributed by atoms with E-state index in [2.05, 4.69) is 48.5 Å². The zero-order valence-electron chi connectivity index (χ0n) is 22.4. The van der Waals surface area contributed by atoms with Crippen molar-refractivity contribution in [2.24, 2.45) is 4.74 Å². The van der Waals surface area contributed by atoms with Crippen LogP contribution in [0, 0.1) is 0 Å². The number of hydrogen-bond donors (Lipinski definition) is 2. The van der Waals surface area contributed by atoms with Gasteiger partial charge in [0.05, 0.1) is 5.69 Å². The van der Waals surface area contributed by atoms with Gasteiger partial charge < -0.3 is 10.2 Å². The Morgan fingerprint density at radius 2 is 1.19 bits per heavy atom. The Hall–Kier alpha value is -1.93. The van der Waals surface area contributed by atoms with Gasteiger partial charge in [0.1, 0.15) is 11.5 Å². The molecule has 3 rings (SSSR count). The number of phenols is 2. The second kappa shape index (κ2) is 10.8. The Morgan fingerprint density at radius 3 is 1.58 bits per heavy atom. The molecule has 2 N–H and O–H groups in total. The minimum absolute atomic E-state index is 0.188. The molecular formula is C30H38Cl2NO2P. The van der Waals surface area contributed by atoms with Crippen LogP contribution in [0.3, 0.4) is 0 Å². The van der Waals surface area contributed by atoms with Crippen molar-refractivity contribution < 1.29 is 10.2 Å². The van der Waals surface area contributed by atoms with E-state index in [0.717, 1.165) is 29.7 Å². The summed E-state index contributed by atoms with van der Waals surface area (Å²) in [5.74, 6) is 0.375. The molecule has 3 aromatic rings. The molecule has 0 fully saturated rings. The zero-order valence-corrected chi connectivity index (χ0v) is 24.8. The summed E-state index contributed by atoms with van der Waals surface area (Å²) in [4.78, 5) is 0. The summed E-state index contributed by atoms with van der Waals surface area (Å²) >= 11 is 13.4. The molecule has 0 atom stereocenters. The van der Waals surface area contributed by atoms with Gasteiger partial charge in [-0.15, -0.1) is 0 Å². The third-order valence-electron chi connectivity index (χ3n) is 6.40. The van der Waals surface area contributed by atoms with Gasteiger partial charge in [0.2, 0.25) is 0 Å². The van der Waals surface area contributed by atoms with E-state index in [-0.39, 0.29) is 22.3 Å². The molecule has 0 radical (unpaired) electrons. The van der Waals surface area contributed by atoms with Crippen molar-refractivity contribution in [3.63, 3.8) is 0 Å². The summed E-state index contributed by atoms with van der Waals surface area (Å²) in [5, 5.41) is 26.0. The van der Waals surface area contributed by atoms with E-state index < -0.39 is 7.05 Å². The second-order valence-electron chi connectivity index (χ2n) is 11.4. The molecule has 0 aromatic heterocycles. The van der Waals surface area contributed by atoms with E-state index in [9.17, 15) is 10.2 Å². The lowest BCUT2D eigenvalue weighted by Crippen LogP contribution is -2.25. The molecule has 0 bridgehead atoms. The molecule has 0 aliphatic rings. The molecule has 0 heterocycles. The van der Waals surface area contributed by atoms with Crippen molar-refractivity contribution in [2.75, 3.05) is 6.16 Å². The summed E-state index contributed by atoms with van der Waals surface area (Å²) in [6, 6.07) is 17.1. The van der Waals surface area contributed by atoms with Gasteiger partial charge in [-0.05, 0) is 59.8 Å². The lowest BCUT2D eigenvalue weighted by Gasteiger charge is -2.32. The Bertz CT molecular complexity index is 1220. The number of benzene rings is 3. The highest BCUT2D eigenvalue weighted by atomic mass is 35.5. The molecule has 0 amide bonds. The summed E-state index contributed by atoms with van der Waals surface area (Å²) in [5.41, 5.74) is 1.61. The second-order valence-corrected chi connectivity index (χ2v) is 15.4. The van der Waals surface area contributed by atoms with E-state index in [0.29, 0.717) is 26.8 Å². The van der Waals surface area contributed by atoms with E-state index in [1.165, 1.54) is 0 Å². The zero-order chi connectivity index (χ0) is 26.9. The van der Waals surface area contributed by atoms with Crippen LogP contribution in [0.1, 0.15) is 72.4 Å². The molecule has 0 aliphatic carbocycles. The van der Waals surface area contributed by atoms with Crippen LogP contribution in [-0.4, -0.2) is 16.4 Å². The molecule has 3 nitrogen and oxygen atoms in total. The Balaban J connectivity index is 2.60. The van der Waals surface area contributed by atoms with Crippen LogP contribution in [0.4, 0.5) is 5.69 Å². The van der Waals surface area contributed by atoms with Crippen molar-refractivity contribution in [3.05, 3.63) is 75.8 Å². The fourth-order valence-corrected chi connectivity index (χ4v) is 9.08. The van der Waals surface area contributed by atoms with E-state index >= 15 is 0 Å². The number of rotatable bonds is 6. The molecular weight excluding hydrogens is 508 g/mol. The largest absolute Gasteiger partial charge is 0.507 e. The molecule has 0 unspecified atom stereocenters. The van der Waals surface area contributed by atoms with Gasteiger partial charge in [-0.2, -0.15) is 0 Å². The van der Waals surface area contributed by atoms with Crippen LogP contribution in [0.2, 0.25) is 10.0 Å². The monoisotopic (exact) mass is 545 g/mol. The highest BCUT2D eigenvalue weighted by molar-refractivity contribution is 7.81. The predicted molar refractivity (Wildman–Crippen MR) is 158 cm³/mol. The first-order valence-electron chi connectivity index (χ1n) is 12.4. The number of halogens is 2. The number of phenolic OH excluding ortho intramolecular Hbond substituents is 2. The van der Waals surface area contributed by atoms with Gasteiger partial charge in [-0.1, -0.05) is 96.3 Å². The van der Waals surface area contributed by atoms with Crippen LogP contribution in [-0.2, 0) is 10.8 Å². The fraction of sp³-hybridized carbons (Fsp3) is 0.400. The average molecular weight is 547 g/mol. The highest BCUT2D eigenvalue weighted by Gasteiger charge is 2.35. The number of nitrogens with zero attached hydrogens (tertiary/aromatic N) is 1. The minimum Gasteiger partial charge on any atom is -0.507 e. The van der Waals surface area contributed by atoms with Crippen molar-refractivity contribution in [1.82, 2.24) is 0 Å². The quantitative estimate of drug-likeness (QED) is 0.303.